The molecule has 7 heteroatoms. The Labute approximate surface area is 349 Å². The van der Waals surface area contributed by atoms with Crippen LogP contribution in [0.15, 0.2) is 181 Å². The van der Waals surface area contributed by atoms with Crippen molar-refractivity contribution in [1.82, 2.24) is 9.97 Å². The van der Waals surface area contributed by atoms with Gasteiger partial charge in [0.1, 0.15) is 0 Å². The quantitative estimate of drug-likeness (QED) is 0.120. The highest BCUT2D eigenvalue weighted by atomic mass is 16.4. The maximum absolute atomic E-state index is 11.2. The molecule has 0 saturated heterocycles. The largest absolute Gasteiger partial charge is 0.478 e. The van der Waals surface area contributed by atoms with E-state index in [2.05, 4.69) is 119 Å². The first-order valence-corrected chi connectivity index (χ1v) is 19.8. The second-order valence-corrected chi connectivity index (χ2v) is 14.7. The van der Waals surface area contributed by atoms with Crippen molar-refractivity contribution in [3.05, 3.63) is 220 Å². The molecule has 8 rings (SSSR count). The Morgan fingerprint density at radius 3 is 1.47 bits per heavy atom. The lowest BCUT2D eigenvalue weighted by molar-refractivity contribution is 0.0685. The lowest BCUT2D eigenvalue weighted by atomic mass is 9.88. The summed E-state index contributed by atoms with van der Waals surface area (Å²) in [7, 11) is 0. The normalized spacial score (nSPS) is 16.3. The highest BCUT2D eigenvalue weighted by Crippen LogP contribution is 2.27. The molecule has 2 N–H and O–H groups in total. The Bertz CT molecular complexity index is 2590. The van der Waals surface area contributed by atoms with Gasteiger partial charge in [-0.15, -0.1) is 0 Å². The van der Waals surface area contributed by atoms with Gasteiger partial charge in [-0.25, -0.2) is 9.59 Å². The summed E-state index contributed by atoms with van der Waals surface area (Å²) in [5.74, 6) is -1.40. The van der Waals surface area contributed by atoms with Crippen molar-refractivity contribution >= 4 is 48.0 Å². The molecule has 0 radical (unpaired) electrons. The van der Waals surface area contributed by atoms with Crippen molar-refractivity contribution in [2.75, 3.05) is 6.54 Å². The van der Waals surface area contributed by atoms with Crippen LogP contribution in [0.5, 0.6) is 0 Å². The minimum absolute atomic E-state index is 0.156. The average Bonchev–Trinajstić information content (AvgIpc) is 3.30. The molecule has 2 aromatic heterocycles. The van der Waals surface area contributed by atoms with Crippen LogP contribution < -0.4 is 0 Å². The number of carboxylic acid groups (broad SMARTS) is 2. The number of aliphatic imine (C=N–C) groups is 1. The molecule has 0 spiro atoms. The molecule has 0 bridgehead atoms. The van der Waals surface area contributed by atoms with Gasteiger partial charge < -0.3 is 10.2 Å². The highest BCUT2D eigenvalue weighted by Gasteiger charge is 2.18. The van der Waals surface area contributed by atoms with Crippen LogP contribution in [0.25, 0.3) is 52.9 Å². The molecule has 1 aliphatic carbocycles. The number of carboxylic acids is 2. The van der Waals surface area contributed by atoms with Crippen molar-refractivity contribution in [3.8, 4) is 22.5 Å². The Balaban J connectivity index is 0.987. The van der Waals surface area contributed by atoms with E-state index < -0.39 is 11.9 Å². The van der Waals surface area contributed by atoms with Crippen molar-refractivity contribution in [3.63, 3.8) is 0 Å². The van der Waals surface area contributed by atoms with Crippen LogP contribution in [0.3, 0.4) is 0 Å². The van der Waals surface area contributed by atoms with Gasteiger partial charge in [-0.05, 0) is 93.9 Å². The van der Waals surface area contributed by atoms with Crippen LogP contribution in [0.2, 0.25) is 0 Å². The molecule has 4 aromatic carbocycles. The number of benzene rings is 4. The standard InChI is InChI=1S/C53H41N3O4/c57-52(58)47-25-28-50(55-34-47)44-20-14-37(15-21-44)7-10-40-30-39(9-6-36-12-18-43(19-13-36)49-27-24-46(33-54-49)42-4-2-1-3-5-42)31-41(32-40)11-8-38-16-22-45(23-17-38)51-29-26-48(35-56-51)53(59)60/h1-18,20-32,34-35,43,46H,19,33H2,(H,57,58)(H,59,60)/b9-6+,10-7+,11-8+. The van der Waals surface area contributed by atoms with Crippen molar-refractivity contribution in [2.24, 2.45) is 10.9 Å². The van der Waals surface area contributed by atoms with Gasteiger partial charge in [0.25, 0.3) is 0 Å². The number of hydrogen-bond acceptors (Lipinski definition) is 5. The number of nitrogens with zero attached hydrogens (tertiary/aromatic N) is 3. The number of pyridine rings is 2. The van der Waals surface area contributed by atoms with E-state index >= 15 is 0 Å². The number of aromatic carboxylic acids is 2. The zero-order valence-corrected chi connectivity index (χ0v) is 32.7. The molecule has 1 aliphatic heterocycles. The van der Waals surface area contributed by atoms with E-state index in [0.717, 1.165) is 63.2 Å². The summed E-state index contributed by atoms with van der Waals surface area (Å²) in [4.78, 5) is 36.1. The smallest absolute Gasteiger partial charge is 0.337 e. The molecule has 292 valence electrons. The molecular weight excluding hydrogens is 743 g/mol. The number of dihydropyridines is 1. The van der Waals surface area contributed by atoms with Crippen LogP contribution in [0.1, 0.15) is 66.4 Å². The Morgan fingerprint density at radius 1 is 0.533 bits per heavy atom. The van der Waals surface area contributed by atoms with Gasteiger partial charge in [-0.3, -0.25) is 15.0 Å². The van der Waals surface area contributed by atoms with Gasteiger partial charge in [-0.2, -0.15) is 0 Å². The van der Waals surface area contributed by atoms with Gasteiger partial charge in [0, 0.05) is 47.6 Å². The first kappa shape index (κ1) is 39.1. The van der Waals surface area contributed by atoms with E-state index in [4.69, 9.17) is 4.99 Å². The molecular formula is C53H41N3O4. The monoisotopic (exact) mass is 783 g/mol. The molecule has 0 saturated carbocycles. The summed E-state index contributed by atoms with van der Waals surface area (Å²) in [5, 5.41) is 18.4. The first-order chi connectivity index (χ1) is 29.3. The van der Waals surface area contributed by atoms with Crippen LogP contribution in [0, 0.1) is 5.92 Å². The average molecular weight is 784 g/mol. The van der Waals surface area contributed by atoms with E-state index in [-0.39, 0.29) is 17.0 Å². The molecule has 0 fully saturated rings. The second-order valence-electron chi connectivity index (χ2n) is 14.7. The molecule has 60 heavy (non-hydrogen) atoms. The lowest BCUT2D eigenvalue weighted by Crippen LogP contribution is -2.17. The minimum Gasteiger partial charge on any atom is -0.478 e. The third kappa shape index (κ3) is 9.84. The van der Waals surface area contributed by atoms with Gasteiger partial charge in [0.2, 0.25) is 0 Å². The van der Waals surface area contributed by atoms with Crippen LogP contribution >= 0.6 is 0 Å². The van der Waals surface area contributed by atoms with E-state index in [1.165, 1.54) is 18.0 Å². The van der Waals surface area contributed by atoms with Gasteiger partial charge >= 0.3 is 11.9 Å². The summed E-state index contributed by atoms with van der Waals surface area (Å²) < 4.78 is 0. The Kier molecular flexibility index (Phi) is 11.9. The van der Waals surface area contributed by atoms with Gasteiger partial charge in [-0.1, -0.05) is 140 Å². The number of carbonyl (C=O) groups is 2. The van der Waals surface area contributed by atoms with Crippen molar-refractivity contribution < 1.29 is 19.8 Å². The first-order valence-electron chi connectivity index (χ1n) is 19.8. The zero-order chi connectivity index (χ0) is 41.3. The number of rotatable bonds is 12. The van der Waals surface area contributed by atoms with Crippen LogP contribution in [-0.4, -0.2) is 44.4 Å². The fourth-order valence-electron chi connectivity index (χ4n) is 7.15. The van der Waals surface area contributed by atoms with E-state index in [1.54, 1.807) is 24.3 Å². The SMILES string of the molecule is O=C(O)c1ccc(-c2ccc(/C=C/c3cc(/C=C/C4=CCC(C5=NCC(c6ccccc6)C=C5)C=C4)cc(/C=C/c4ccc(-c5ccc(C(=O)O)cn5)cc4)c3)cc2)nc1. The molecule has 2 unspecified atom stereocenters. The molecule has 7 nitrogen and oxygen atoms in total. The molecule has 6 aromatic rings. The molecule has 3 heterocycles. The van der Waals surface area contributed by atoms with E-state index in [1.807, 2.05) is 54.6 Å². The van der Waals surface area contributed by atoms with Crippen LogP contribution in [0.4, 0.5) is 0 Å². The summed E-state index contributed by atoms with van der Waals surface area (Å²) in [6.45, 7) is 0.777. The minimum atomic E-state index is -0.999. The second kappa shape index (κ2) is 18.2. The maximum atomic E-state index is 11.2. The fourth-order valence-corrected chi connectivity index (χ4v) is 7.15. The van der Waals surface area contributed by atoms with E-state index in [9.17, 15) is 19.8 Å². The third-order valence-corrected chi connectivity index (χ3v) is 10.5. The van der Waals surface area contributed by atoms with Crippen molar-refractivity contribution in [1.29, 1.82) is 0 Å². The molecule has 2 aliphatic rings. The zero-order valence-electron chi connectivity index (χ0n) is 32.7. The van der Waals surface area contributed by atoms with Gasteiger partial charge in [0.15, 0.2) is 0 Å². The summed E-state index contributed by atoms with van der Waals surface area (Å²) in [6, 6.07) is 39.6. The molecule has 2 atom stereocenters. The maximum Gasteiger partial charge on any atom is 0.337 e. The predicted octanol–water partition coefficient (Wildman–Crippen LogP) is 11.9. The number of allylic oxidation sites excluding steroid dienone is 6. The van der Waals surface area contributed by atoms with E-state index in [0.29, 0.717) is 17.3 Å². The van der Waals surface area contributed by atoms with Crippen molar-refractivity contribution in [2.45, 2.75) is 12.3 Å². The Hall–Kier alpha value is -7.77. The highest BCUT2D eigenvalue weighted by molar-refractivity contribution is 5.99. The summed E-state index contributed by atoms with van der Waals surface area (Å²) in [5.41, 5.74) is 12.3. The predicted molar refractivity (Wildman–Crippen MR) is 243 cm³/mol. The third-order valence-electron chi connectivity index (χ3n) is 10.5. The number of aromatic nitrogens is 2. The summed E-state index contributed by atoms with van der Waals surface area (Å²) >= 11 is 0. The summed E-state index contributed by atoms with van der Waals surface area (Å²) in [6.07, 6.45) is 27.5. The van der Waals surface area contributed by atoms with Gasteiger partial charge in [0.05, 0.1) is 22.5 Å². The fraction of sp³-hybridized carbons (Fsp3) is 0.0755. The van der Waals surface area contributed by atoms with Crippen LogP contribution in [-0.2, 0) is 0 Å². The lowest BCUT2D eigenvalue weighted by Gasteiger charge is -2.21. The topological polar surface area (TPSA) is 113 Å². The Morgan fingerprint density at radius 2 is 1.03 bits per heavy atom. The molecule has 0 amide bonds. The number of hydrogen-bond donors (Lipinski definition) is 2.